The van der Waals surface area contributed by atoms with Crippen molar-refractivity contribution in [3.63, 3.8) is 0 Å². The maximum Gasteiger partial charge on any atom is 0.195 e. The van der Waals surface area contributed by atoms with Crippen molar-refractivity contribution in [1.29, 1.82) is 0 Å². The molecule has 0 spiro atoms. The van der Waals surface area contributed by atoms with Gasteiger partial charge in [0.1, 0.15) is 0 Å². The van der Waals surface area contributed by atoms with Gasteiger partial charge in [-0.15, -0.1) is 0 Å². The highest BCUT2D eigenvalue weighted by molar-refractivity contribution is 7.71. The highest BCUT2D eigenvalue weighted by Gasteiger charge is 2.28. The van der Waals surface area contributed by atoms with Gasteiger partial charge in [0.05, 0.1) is 11.1 Å². The van der Waals surface area contributed by atoms with Crippen LogP contribution in [-0.2, 0) is 14.1 Å². The van der Waals surface area contributed by atoms with Gasteiger partial charge >= 0.3 is 0 Å². The lowest BCUT2D eigenvalue weighted by atomic mass is 10.1. The van der Waals surface area contributed by atoms with Gasteiger partial charge in [0.15, 0.2) is 16.2 Å². The minimum Gasteiger partial charge on any atom is -0.303 e. The van der Waals surface area contributed by atoms with Crippen LogP contribution in [0.25, 0.3) is 22.4 Å². The van der Waals surface area contributed by atoms with Crippen LogP contribution in [0.3, 0.4) is 0 Å². The third-order valence-electron chi connectivity index (χ3n) is 4.10. The summed E-state index contributed by atoms with van der Waals surface area (Å²) in [6.07, 6.45) is 2.43. The van der Waals surface area contributed by atoms with Crippen LogP contribution in [0.4, 0.5) is 0 Å². The number of rotatable bonds is 2. The summed E-state index contributed by atoms with van der Waals surface area (Å²) in [5.74, 6) is 1.42. The van der Waals surface area contributed by atoms with Gasteiger partial charge in [-0.3, -0.25) is 9.78 Å². The van der Waals surface area contributed by atoms with E-state index in [1.807, 2.05) is 30.3 Å². The molecule has 1 aliphatic rings. The van der Waals surface area contributed by atoms with E-state index in [-0.39, 0.29) is 0 Å². The first-order chi connectivity index (χ1) is 10.1. The summed E-state index contributed by atoms with van der Waals surface area (Å²) in [5, 5.41) is 12.8. The Hall–Kier alpha value is -2.02. The zero-order chi connectivity index (χ0) is 14.7. The molecule has 1 aliphatic carbocycles. The molecule has 0 aliphatic heterocycles. The van der Waals surface area contributed by atoms with E-state index in [1.165, 1.54) is 12.8 Å². The number of aromatic amines is 1. The number of nitrogens with zero attached hydrogens (tertiary/aromatic N) is 5. The molecule has 0 atom stereocenters. The number of aryl methyl sites for hydroxylation is 2. The van der Waals surface area contributed by atoms with Gasteiger partial charge in [0.25, 0.3) is 0 Å². The number of H-pyrrole nitrogens is 1. The van der Waals surface area contributed by atoms with Gasteiger partial charge in [-0.05, 0) is 38.0 Å². The average Bonchev–Trinajstić information content (AvgIpc) is 3.20. The second-order valence-corrected chi connectivity index (χ2v) is 6.07. The summed E-state index contributed by atoms with van der Waals surface area (Å²) in [6.45, 7) is 2.01. The molecule has 1 saturated carbocycles. The molecule has 21 heavy (non-hydrogen) atoms. The number of pyridine rings is 1. The van der Waals surface area contributed by atoms with E-state index in [0.29, 0.717) is 10.7 Å². The highest BCUT2D eigenvalue weighted by atomic mass is 32.1. The molecule has 1 N–H and O–H groups in total. The molecule has 6 nitrogen and oxygen atoms in total. The van der Waals surface area contributed by atoms with Crippen LogP contribution in [0.1, 0.15) is 30.1 Å². The fourth-order valence-corrected chi connectivity index (χ4v) is 2.95. The first-order valence-corrected chi connectivity index (χ1v) is 7.43. The lowest BCUT2D eigenvalue weighted by molar-refractivity contribution is 0.770. The molecular formula is C14H16N6S. The zero-order valence-electron chi connectivity index (χ0n) is 12.2. The van der Waals surface area contributed by atoms with Crippen LogP contribution in [-0.4, -0.2) is 29.5 Å². The van der Waals surface area contributed by atoms with E-state index >= 15 is 0 Å². The molecule has 108 valence electrons. The van der Waals surface area contributed by atoms with Gasteiger partial charge in [-0.1, -0.05) is 0 Å². The molecule has 0 amide bonds. The standard InChI is InChI=1S/C14H16N6S/c1-7-11-9(12-16-17-14(21)19(12)2)6-10(8-4-5-8)15-13(11)20(3)18-7/h6,8H,4-5H2,1-3H3,(H,17,21). The first-order valence-electron chi connectivity index (χ1n) is 7.02. The van der Waals surface area contributed by atoms with Gasteiger partial charge in [-0.25, -0.2) is 4.98 Å². The zero-order valence-corrected chi connectivity index (χ0v) is 13.0. The van der Waals surface area contributed by atoms with E-state index in [4.69, 9.17) is 17.2 Å². The molecule has 4 rings (SSSR count). The number of hydrogen-bond donors (Lipinski definition) is 1. The molecule has 0 bridgehead atoms. The Morgan fingerprint density at radius 2 is 2.10 bits per heavy atom. The fraction of sp³-hybridized carbons (Fsp3) is 0.429. The third kappa shape index (κ3) is 1.84. The predicted octanol–water partition coefficient (Wildman–Crippen LogP) is 2.61. The third-order valence-corrected chi connectivity index (χ3v) is 4.47. The quantitative estimate of drug-likeness (QED) is 0.739. The lowest BCUT2D eigenvalue weighted by Crippen LogP contribution is -1.99. The Bertz CT molecular complexity index is 912. The van der Waals surface area contributed by atoms with Crippen molar-refractivity contribution < 1.29 is 0 Å². The second kappa shape index (κ2) is 4.24. The SMILES string of the molecule is Cc1nn(C)c2nc(C3CC3)cc(-c3n[nH]c(=S)n3C)c12. The van der Waals surface area contributed by atoms with Crippen molar-refractivity contribution >= 4 is 23.3 Å². The summed E-state index contributed by atoms with van der Waals surface area (Å²) < 4.78 is 4.36. The monoisotopic (exact) mass is 300 g/mol. The molecular weight excluding hydrogens is 284 g/mol. The lowest BCUT2D eigenvalue weighted by Gasteiger charge is -2.07. The molecule has 3 aromatic rings. The van der Waals surface area contributed by atoms with Gasteiger partial charge < -0.3 is 4.57 Å². The van der Waals surface area contributed by atoms with Crippen molar-refractivity contribution in [2.45, 2.75) is 25.7 Å². The highest BCUT2D eigenvalue weighted by Crippen LogP contribution is 2.41. The van der Waals surface area contributed by atoms with Crippen molar-refractivity contribution in [3.8, 4) is 11.4 Å². The molecule has 0 unspecified atom stereocenters. The number of hydrogen-bond acceptors (Lipinski definition) is 4. The van der Waals surface area contributed by atoms with Crippen LogP contribution in [0, 0.1) is 11.7 Å². The Morgan fingerprint density at radius 1 is 1.33 bits per heavy atom. The number of fused-ring (bicyclic) bond motifs is 1. The predicted molar refractivity (Wildman–Crippen MR) is 82.6 cm³/mol. The minimum absolute atomic E-state index is 0.579. The topological polar surface area (TPSA) is 64.3 Å². The van der Waals surface area contributed by atoms with Crippen molar-refractivity contribution in [1.82, 2.24) is 29.5 Å². The van der Waals surface area contributed by atoms with Gasteiger partial charge in [0.2, 0.25) is 0 Å². The molecule has 0 aromatic carbocycles. The summed E-state index contributed by atoms with van der Waals surface area (Å²) >= 11 is 5.24. The maximum absolute atomic E-state index is 5.24. The van der Waals surface area contributed by atoms with Crippen LogP contribution in [0.5, 0.6) is 0 Å². The Morgan fingerprint density at radius 3 is 2.71 bits per heavy atom. The second-order valence-electron chi connectivity index (χ2n) is 5.69. The largest absolute Gasteiger partial charge is 0.303 e. The normalized spacial score (nSPS) is 15.0. The van der Waals surface area contributed by atoms with E-state index in [0.717, 1.165) is 33.8 Å². The van der Waals surface area contributed by atoms with Crippen LogP contribution in [0.2, 0.25) is 0 Å². The molecule has 0 saturated heterocycles. The fourth-order valence-electron chi connectivity index (χ4n) is 2.82. The summed E-state index contributed by atoms with van der Waals surface area (Å²) in [7, 11) is 3.86. The smallest absolute Gasteiger partial charge is 0.195 e. The molecule has 3 heterocycles. The Kier molecular flexibility index (Phi) is 2.56. The Balaban J connectivity index is 2.10. The van der Waals surface area contributed by atoms with E-state index in [1.54, 1.807) is 0 Å². The first kappa shape index (κ1) is 12.7. The summed E-state index contributed by atoms with van der Waals surface area (Å²) in [6, 6.07) is 2.15. The maximum atomic E-state index is 5.24. The molecule has 1 fully saturated rings. The Labute approximate surface area is 126 Å². The summed E-state index contributed by atoms with van der Waals surface area (Å²) in [4.78, 5) is 4.81. The van der Waals surface area contributed by atoms with E-state index in [9.17, 15) is 0 Å². The van der Waals surface area contributed by atoms with Crippen LogP contribution < -0.4 is 0 Å². The molecule has 0 radical (unpaired) electrons. The van der Waals surface area contributed by atoms with Crippen LogP contribution in [0.15, 0.2) is 6.07 Å². The van der Waals surface area contributed by atoms with Crippen molar-refractivity contribution in [2.75, 3.05) is 0 Å². The van der Waals surface area contributed by atoms with Crippen molar-refractivity contribution in [2.24, 2.45) is 14.1 Å². The minimum atomic E-state index is 0.579. The average molecular weight is 300 g/mol. The van der Waals surface area contributed by atoms with Crippen molar-refractivity contribution in [3.05, 3.63) is 22.2 Å². The summed E-state index contributed by atoms with van der Waals surface area (Å²) in [5.41, 5.74) is 4.07. The van der Waals surface area contributed by atoms with Gasteiger partial charge in [-0.2, -0.15) is 10.2 Å². The van der Waals surface area contributed by atoms with E-state index in [2.05, 4.69) is 21.4 Å². The van der Waals surface area contributed by atoms with Gasteiger partial charge in [0, 0.05) is 31.3 Å². The molecule has 7 heteroatoms. The van der Waals surface area contributed by atoms with Crippen LogP contribution >= 0.6 is 12.2 Å². The number of nitrogens with one attached hydrogen (secondary N) is 1. The molecule has 3 aromatic heterocycles. The number of aromatic nitrogens is 6. The van der Waals surface area contributed by atoms with E-state index < -0.39 is 0 Å².